The van der Waals surface area contributed by atoms with Crippen LogP contribution in [-0.4, -0.2) is 19.5 Å². The number of hydrogen-bond acceptors (Lipinski definition) is 4. The topological polar surface area (TPSA) is 43.6 Å². The van der Waals surface area contributed by atoms with Crippen molar-refractivity contribution in [2.24, 2.45) is 5.92 Å². The summed E-state index contributed by atoms with van der Waals surface area (Å²) in [4.78, 5) is 15.7. The van der Waals surface area contributed by atoms with Crippen molar-refractivity contribution in [3.8, 4) is 21.8 Å². The van der Waals surface area contributed by atoms with E-state index in [-0.39, 0.29) is 0 Å². The molecule has 0 radical (unpaired) electrons. The zero-order valence-electron chi connectivity index (χ0n) is 15.2. The van der Waals surface area contributed by atoms with Crippen molar-refractivity contribution in [2.75, 3.05) is 0 Å². The maximum atomic E-state index is 4.83. The van der Waals surface area contributed by atoms with Crippen LogP contribution in [-0.2, 0) is 6.54 Å². The first-order chi connectivity index (χ1) is 13.4. The molecule has 1 saturated carbocycles. The summed E-state index contributed by atoms with van der Waals surface area (Å²) >= 11 is 1.73. The van der Waals surface area contributed by atoms with Crippen LogP contribution < -0.4 is 0 Å². The van der Waals surface area contributed by atoms with Crippen LogP contribution in [0, 0.1) is 5.92 Å². The number of hydrogen-bond donors (Lipinski definition) is 0. The monoisotopic (exact) mass is 374 g/mol. The summed E-state index contributed by atoms with van der Waals surface area (Å²) in [6.07, 6.45) is 12.3. The van der Waals surface area contributed by atoms with Crippen molar-refractivity contribution in [2.45, 2.75) is 38.6 Å². The quantitative estimate of drug-likeness (QED) is 0.453. The second-order valence-electron chi connectivity index (χ2n) is 7.36. The van der Waals surface area contributed by atoms with Gasteiger partial charge < -0.3 is 4.57 Å². The van der Waals surface area contributed by atoms with E-state index in [0.717, 1.165) is 28.4 Å². The number of nitrogens with zero attached hydrogens (tertiary/aromatic N) is 4. The van der Waals surface area contributed by atoms with E-state index in [1.165, 1.54) is 48.2 Å². The Balaban J connectivity index is 1.62. The third kappa shape index (κ3) is 3.28. The van der Waals surface area contributed by atoms with Crippen LogP contribution in [0.3, 0.4) is 0 Å². The highest BCUT2D eigenvalue weighted by Gasteiger charge is 2.21. The van der Waals surface area contributed by atoms with E-state index >= 15 is 0 Å². The van der Waals surface area contributed by atoms with Crippen LogP contribution in [0.25, 0.3) is 32.0 Å². The van der Waals surface area contributed by atoms with Crippen LogP contribution in [0.4, 0.5) is 0 Å². The molecule has 0 saturated heterocycles. The van der Waals surface area contributed by atoms with Crippen LogP contribution >= 0.6 is 11.3 Å². The number of imidazole rings is 1. The van der Waals surface area contributed by atoms with Crippen LogP contribution in [0.5, 0.6) is 0 Å². The van der Waals surface area contributed by atoms with E-state index in [1.807, 2.05) is 12.5 Å². The highest BCUT2D eigenvalue weighted by Crippen LogP contribution is 2.38. The Labute approximate surface area is 162 Å². The third-order valence-corrected chi connectivity index (χ3v) is 6.56. The average Bonchev–Trinajstić information content (AvgIpc) is 3.33. The van der Waals surface area contributed by atoms with Crippen molar-refractivity contribution in [1.82, 2.24) is 19.5 Å². The zero-order chi connectivity index (χ0) is 18.1. The molecule has 0 atom stereocenters. The van der Waals surface area contributed by atoms with Crippen LogP contribution in [0.1, 0.15) is 32.1 Å². The molecule has 0 unspecified atom stereocenters. The van der Waals surface area contributed by atoms with E-state index in [2.05, 4.69) is 50.9 Å². The molecule has 0 aliphatic heterocycles. The van der Waals surface area contributed by atoms with Gasteiger partial charge in [-0.15, -0.1) is 11.3 Å². The molecule has 4 nitrogen and oxygen atoms in total. The molecule has 1 aliphatic rings. The van der Waals surface area contributed by atoms with E-state index in [0.29, 0.717) is 0 Å². The van der Waals surface area contributed by atoms with Gasteiger partial charge in [-0.05, 0) is 24.8 Å². The fraction of sp³-hybridized carbons (Fsp3) is 0.318. The lowest BCUT2D eigenvalue weighted by Crippen LogP contribution is -2.14. The van der Waals surface area contributed by atoms with Crippen molar-refractivity contribution in [1.29, 1.82) is 0 Å². The first-order valence-corrected chi connectivity index (χ1v) is 10.5. The minimum Gasteiger partial charge on any atom is -0.329 e. The van der Waals surface area contributed by atoms with Crippen LogP contribution in [0.2, 0.25) is 0 Å². The second kappa shape index (κ2) is 7.24. The molecule has 3 aromatic heterocycles. The van der Waals surface area contributed by atoms with Gasteiger partial charge in [-0.3, -0.25) is 0 Å². The molecule has 0 N–H and O–H groups in total. The standard InChI is InChI=1S/C22H22N4S/c1-3-7-16(8-4-1)13-26-15-25-20(17-9-5-2-6-10-17)21(26)19-11-18-12-23-14-24-22(18)27-19/h2,5-6,9-12,14-16H,1,3-4,7-8,13H2. The number of benzene rings is 1. The van der Waals surface area contributed by atoms with Gasteiger partial charge in [0.25, 0.3) is 0 Å². The summed E-state index contributed by atoms with van der Waals surface area (Å²) in [5.41, 5.74) is 3.44. The normalized spacial score (nSPS) is 15.4. The molecule has 0 bridgehead atoms. The predicted molar refractivity (Wildman–Crippen MR) is 111 cm³/mol. The van der Waals surface area contributed by atoms with Crippen LogP contribution in [0.15, 0.2) is 55.2 Å². The van der Waals surface area contributed by atoms with Crippen molar-refractivity contribution >= 4 is 21.6 Å². The van der Waals surface area contributed by atoms with Gasteiger partial charge in [0.2, 0.25) is 0 Å². The Morgan fingerprint density at radius 2 is 1.89 bits per heavy atom. The summed E-state index contributed by atoms with van der Waals surface area (Å²) in [5, 5.41) is 1.10. The van der Waals surface area contributed by atoms with E-state index in [9.17, 15) is 0 Å². The maximum absolute atomic E-state index is 4.83. The Bertz CT molecular complexity index is 1010. The van der Waals surface area contributed by atoms with Gasteiger partial charge in [-0.25, -0.2) is 15.0 Å². The Morgan fingerprint density at radius 1 is 1.04 bits per heavy atom. The van der Waals surface area contributed by atoms with Gasteiger partial charge in [-0.2, -0.15) is 0 Å². The Hall–Kier alpha value is -2.53. The highest BCUT2D eigenvalue weighted by atomic mass is 32.1. The smallest absolute Gasteiger partial charge is 0.127 e. The van der Waals surface area contributed by atoms with Gasteiger partial charge in [-0.1, -0.05) is 49.6 Å². The molecule has 136 valence electrons. The molecule has 27 heavy (non-hydrogen) atoms. The lowest BCUT2D eigenvalue weighted by atomic mass is 9.89. The number of thiophene rings is 1. The summed E-state index contributed by atoms with van der Waals surface area (Å²) in [7, 11) is 0. The molecule has 5 rings (SSSR count). The first kappa shape index (κ1) is 16.6. The minimum absolute atomic E-state index is 0.754. The lowest BCUT2D eigenvalue weighted by Gasteiger charge is -2.22. The minimum atomic E-state index is 0.754. The second-order valence-corrected chi connectivity index (χ2v) is 8.39. The summed E-state index contributed by atoms with van der Waals surface area (Å²) < 4.78 is 2.37. The van der Waals surface area contributed by atoms with E-state index in [1.54, 1.807) is 17.7 Å². The molecule has 1 aliphatic carbocycles. The molecule has 1 aromatic carbocycles. The third-order valence-electron chi connectivity index (χ3n) is 5.49. The van der Waals surface area contributed by atoms with Gasteiger partial charge in [0, 0.05) is 23.7 Å². The average molecular weight is 375 g/mol. The molecule has 4 aromatic rings. The molecular formula is C22H22N4S. The first-order valence-electron chi connectivity index (χ1n) is 9.69. The lowest BCUT2D eigenvalue weighted by molar-refractivity contribution is 0.320. The van der Waals surface area contributed by atoms with Crippen molar-refractivity contribution in [3.63, 3.8) is 0 Å². The van der Waals surface area contributed by atoms with E-state index < -0.39 is 0 Å². The zero-order valence-corrected chi connectivity index (χ0v) is 16.0. The number of rotatable bonds is 4. The summed E-state index contributed by atoms with van der Waals surface area (Å²) in [6, 6.07) is 12.7. The molecule has 0 amide bonds. The summed E-state index contributed by atoms with van der Waals surface area (Å²) in [5.74, 6) is 0.754. The Kier molecular flexibility index (Phi) is 4.46. The van der Waals surface area contributed by atoms with Crippen molar-refractivity contribution in [3.05, 3.63) is 55.2 Å². The van der Waals surface area contributed by atoms with Crippen molar-refractivity contribution < 1.29 is 0 Å². The molecule has 5 heteroatoms. The largest absolute Gasteiger partial charge is 0.329 e. The molecule has 1 fully saturated rings. The maximum Gasteiger partial charge on any atom is 0.127 e. The van der Waals surface area contributed by atoms with Gasteiger partial charge in [0.1, 0.15) is 11.2 Å². The Morgan fingerprint density at radius 3 is 2.70 bits per heavy atom. The molecular weight excluding hydrogens is 352 g/mol. The van der Waals surface area contributed by atoms with Gasteiger partial charge >= 0.3 is 0 Å². The van der Waals surface area contributed by atoms with Gasteiger partial charge in [0.15, 0.2) is 0 Å². The molecule has 0 spiro atoms. The SMILES string of the molecule is c1ccc(-c2ncn(CC3CCCCC3)c2-c2cc3cncnc3s2)cc1. The summed E-state index contributed by atoms with van der Waals surface area (Å²) in [6.45, 7) is 1.05. The van der Waals surface area contributed by atoms with E-state index in [4.69, 9.17) is 4.98 Å². The molecule has 3 heterocycles. The fourth-order valence-corrected chi connectivity index (χ4v) is 5.17. The predicted octanol–water partition coefficient (Wildman–Crippen LogP) is 5.80. The fourth-order valence-electron chi connectivity index (χ4n) is 4.14. The number of fused-ring (bicyclic) bond motifs is 1. The number of aromatic nitrogens is 4. The highest BCUT2D eigenvalue weighted by molar-refractivity contribution is 7.21. The van der Waals surface area contributed by atoms with Gasteiger partial charge in [0.05, 0.1) is 22.6 Å².